The van der Waals surface area contributed by atoms with Crippen LogP contribution < -0.4 is 0 Å². The lowest BCUT2D eigenvalue weighted by Crippen LogP contribution is -1.79. The van der Waals surface area contributed by atoms with Gasteiger partial charge in [0.05, 0.1) is 0 Å². The van der Waals surface area contributed by atoms with Gasteiger partial charge in [0.1, 0.15) is 5.82 Å². The molecule has 0 aliphatic heterocycles. The second-order valence-electron chi connectivity index (χ2n) is 3.02. The third-order valence-corrected chi connectivity index (χ3v) is 2.48. The number of benzene rings is 2. The molecule has 2 rings (SSSR count). The number of rotatable bonds is 1. The summed E-state index contributed by atoms with van der Waals surface area (Å²) >= 11 is 3.38. The molecule has 70 valence electrons. The van der Waals surface area contributed by atoms with Crippen LogP contribution in [0.15, 0.2) is 53.0 Å². The lowest BCUT2D eigenvalue weighted by molar-refractivity contribution is 0.628. The van der Waals surface area contributed by atoms with E-state index in [-0.39, 0.29) is 5.82 Å². The first kappa shape index (κ1) is 9.41. The van der Waals surface area contributed by atoms with Gasteiger partial charge in [0.15, 0.2) is 0 Å². The molecular weight excluding hydrogens is 243 g/mol. The maximum absolute atomic E-state index is 12.9. The monoisotopic (exact) mass is 250 g/mol. The molecule has 0 aromatic heterocycles. The van der Waals surface area contributed by atoms with Gasteiger partial charge in [0, 0.05) is 4.47 Å². The van der Waals surface area contributed by atoms with Crippen molar-refractivity contribution in [1.29, 1.82) is 0 Å². The summed E-state index contributed by atoms with van der Waals surface area (Å²) in [5, 5.41) is 0. The molecule has 0 radical (unpaired) electrons. The lowest BCUT2D eigenvalue weighted by Gasteiger charge is -2.01. The number of hydrogen-bond acceptors (Lipinski definition) is 0. The molecule has 14 heavy (non-hydrogen) atoms. The zero-order valence-electron chi connectivity index (χ0n) is 7.37. The van der Waals surface area contributed by atoms with E-state index in [0.29, 0.717) is 0 Å². The molecule has 0 heterocycles. The van der Waals surface area contributed by atoms with Crippen molar-refractivity contribution in [3.05, 3.63) is 58.8 Å². The zero-order chi connectivity index (χ0) is 9.97. The highest BCUT2D eigenvalue weighted by atomic mass is 79.9. The maximum Gasteiger partial charge on any atom is 0.123 e. The van der Waals surface area contributed by atoms with Crippen molar-refractivity contribution in [3.63, 3.8) is 0 Å². The van der Waals surface area contributed by atoms with Crippen LogP contribution >= 0.6 is 15.9 Å². The first-order chi connectivity index (χ1) is 6.75. The van der Waals surface area contributed by atoms with Crippen LogP contribution in [0.5, 0.6) is 0 Å². The highest BCUT2D eigenvalue weighted by molar-refractivity contribution is 9.10. The van der Waals surface area contributed by atoms with Crippen LogP contribution in [0.25, 0.3) is 11.1 Å². The summed E-state index contributed by atoms with van der Waals surface area (Å²) in [6.45, 7) is 0. The predicted octanol–water partition coefficient (Wildman–Crippen LogP) is 4.26. The molecule has 0 amide bonds. The van der Waals surface area contributed by atoms with Crippen molar-refractivity contribution >= 4 is 15.9 Å². The van der Waals surface area contributed by atoms with Gasteiger partial charge in [-0.2, -0.15) is 0 Å². The predicted molar refractivity (Wildman–Crippen MR) is 59.5 cm³/mol. The molecule has 0 fully saturated rings. The van der Waals surface area contributed by atoms with Crippen molar-refractivity contribution in [2.45, 2.75) is 0 Å². The van der Waals surface area contributed by atoms with Gasteiger partial charge in [-0.25, -0.2) is 4.39 Å². The van der Waals surface area contributed by atoms with Gasteiger partial charge in [0.2, 0.25) is 0 Å². The normalized spacial score (nSPS) is 10.1. The van der Waals surface area contributed by atoms with Crippen LogP contribution in [-0.4, -0.2) is 0 Å². The van der Waals surface area contributed by atoms with Gasteiger partial charge in [0.25, 0.3) is 0 Å². The molecule has 2 heteroatoms. The molecule has 0 atom stereocenters. The first-order valence-electron chi connectivity index (χ1n) is 4.27. The van der Waals surface area contributed by atoms with Crippen molar-refractivity contribution < 1.29 is 4.39 Å². The van der Waals surface area contributed by atoms with Crippen LogP contribution in [-0.2, 0) is 0 Å². The summed E-state index contributed by atoms with van der Waals surface area (Å²) in [5.41, 5.74) is 1.91. The van der Waals surface area contributed by atoms with Crippen LogP contribution in [0.2, 0.25) is 0 Å². The van der Waals surface area contributed by atoms with Crippen molar-refractivity contribution in [3.8, 4) is 11.1 Å². The Hall–Kier alpha value is -1.15. The first-order valence-corrected chi connectivity index (χ1v) is 5.06. The van der Waals surface area contributed by atoms with Crippen LogP contribution in [0, 0.1) is 5.82 Å². The molecule has 0 bridgehead atoms. The summed E-state index contributed by atoms with van der Waals surface area (Å²) in [6, 6.07) is 14.4. The molecule has 0 N–H and O–H groups in total. The molecular formula is C12H8BrF. The Labute approximate surface area is 90.5 Å². The van der Waals surface area contributed by atoms with Gasteiger partial charge < -0.3 is 0 Å². The number of halogens is 2. The van der Waals surface area contributed by atoms with Crippen molar-refractivity contribution in [2.24, 2.45) is 0 Å². The summed E-state index contributed by atoms with van der Waals surface area (Å²) in [5.74, 6) is -0.206. The van der Waals surface area contributed by atoms with E-state index in [1.807, 2.05) is 30.3 Å². The zero-order valence-corrected chi connectivity index (χ0v) is 8.96. The van der Waals surface area contributed by atoms with E-state index in [2.05, 4.69) is 15.9 Å². The van der Waals surface area contributed by atoms with Gasteiger partial charge in [-0.1, -0.05) is 40.2 Å². The Bertz CT molecular complexity index is 408. The molecule has 0 nitrogen and oxygen atoms in total. The van der Waals surface area contributed by atoms with E-state index < -0.39 is 0 Å². The van der Waals surface area contributed by atoms with Crippen molar-refractivity contribution in [1.82, 2.24) is 0 Å². The Morgan fingerprint density at radius 1 is 0.857 bits per heavy atom. The smallest absolute Gasteiger partial charge is 0.123 e. The number of hydrogen-bond donors (Lipinski definition) is 0. The molecule has 2 aromatic rings. The summed E-state index contributed by atoms with van der Waals surface area (Å²) < 4.78 is 13.9. The Kier molecular flexibility index (Phi) is 2.64. The topological polar surface area (TPSA) is 0 Å². The minimum Gasteiger partial charge on any atom is -0.207 e. The molecule has 0 saturated heterocycles. The summed E-state index contributed by atoms with van der Waals surface area (Å²) in [4.78, 5) is 0. The quantitative estimate of drug-likeness (QED) is 0.710. The van der Waals surface area contributed by atoms with E-state index in [9.17, 15) is 4.39 Å². The van der Waals surface area contributed by atoms with E-state index >= 15 is 0 Å². The molecule has 0 unspecified atom stereocenters. The molecule has 0 spiro atoms. The fourth-order valence-electron chi connectivity index (χ4n) is 1.34. The van der Waals surface area contributed by atoms with Gasteiger partial charge in [-0.05, 0) is 35.4 Å². The third-order valence-electron chi connectivity index (χ3n) is 1.98. The average molecular weight is 251 g/mol. The second-order valence-corrected chi connectivity index (χ2v) is 3.94. The van der Waals surface area contributed by atoms with E-state index in [1.165, 1.54) is 12.1 Å². The van der Waals surface area contributed by atoms with E-state index in [1.54, 1.807) is 6.07 Å². The molecule has 2 aromatic carbocycles. The van der Waals surface area contributed by atoms with Crippen molar-refractivity contribution in [2.75, 3.05) is 0 Å². The van der Waals surface area contributed by atoms with Crippen LogP contribution in [0.3, 0.4) is 0 Å². The lowest BCUT2D eigenvalue weighted by atomic mass is 10.1. The fourth-order valence-corrected chi connectivity index (χ4v) is 1.74. The molecule has 0 saturated carbocycles. The third kappa shape index (κ3) is 2.02. The van der Waals surface area contributed by atoms with Gasteiger partial charge in [-0.3, -0.25) is 0 Å². The van der Waals surface area contributed by atoms with Crippen LogP contribution in [0.1, 0.15) is 0 Å². The summed E-state index contributed by atoms with van der Waals surface area (Å²) in [6.07, 6.45) is 0. The second kappa shape index (κ2) is 3.93. The van der Waals surface area contributed by atoms with E-state index in [4.69, 9.17) is 0 Å². The minimum atomic E-state index is -0.206. The fraction of sp³-hybridized carbons (Fsp3) is 0. The SMILES string of the molecule is Fc1cccc(-c2cccc(Br)c2)c1. The maximum atomic E-state index is 12.9. The molecule has 0 aliphatic rings. The Morgan fingerprint density at radius 2 is 1.50 bits per heavy atom. The van der Waals surface area contributed by atoms with Gasteiger partial charge >= 0.3 is 0 Å². The summed E-state index contributed by atoms with van der Waals surface area (Å²) in [7, 11) is 0. The standard InChI is InChI=1S/C12H8BrF/c13-11-5-1-3-9(7-11)10-4-2-6-12(14)8-10/h1-8H. The Balaban J connectivity index is 2.49. The minimum absolute atomic E-state index is 0.206. The highest BCUT2D eigenvalue weighted by Crippen LogP contribution is 2.23. The van der Waals surface area contributed by atoms with E-state index in [0.717, 1.165) is 15.6 Å². The van der Waals surface area contributed by atoms with Gasteiger partial charge in [-0.15, -0.1) is 0 Å². The largest absolute Gasteiger partial charge is 0.207 e. The van der Waals surface area contributed by atoms with Crippen LogP contribution in [0.4, 0.5) is 4.39 Å². The molecule has 0 aliphatic carbocycles. The average Bonchev–Trinajstić information content (AvgIpc) is 2.18. The highest BCUT2D eigenvalue weighted by Gasteiger charge is 1.98. The Morgan fingerprint density at radius 3 is 2.14 bits per heavy atom.